The van der Waals surface area contributed by atoms with Crippen LogP contribution >= 0.6 is 0 Å². The Morgan fingerprint density at radius 2 is 2.00 bits per heavy atom. The van der Waals surface area contributed by atoms with Crippen LogP contribution in [0, 0.1) is 0 Å². The topological polar surface area (TPSA) is 15.3 Å². The third-order valence-corrected chi connectivity index (χ3v) is 3.92. The minimum atomic E-state index is 0.613. The monoisotopic (exact) mass is 212 g/mol. The van der Waals surface area contributed by atoms with Gasteiger partial charge in [0.2, 0.25) is 0 Å². The molecule has 0 spiro atoms. The summed E-state index contributed by atoms with van der Waals surface area (Å²) in [7, 11) is 0. The van der Waals surface area contributed by atoms with Gasteiger partial charge in [0.05, 0.1) is 0 Å². The van der Waals surface area contributed by atoms with Gasteiger partial charge in [0.1, 0.15) is 0 Å². The van der Waals surface area contributed by atoms with Gasteiger partial charge < -0.3 is 5.32 Å². The van der Waals surface area contributed by atoms with Crippen LogP contribution in [0.25, 0.3) is 0 Å². The van der Waals surface area contributed by atoms with Crippen molar-refractivity contribution in [1.29, 1.82) is 0 Å². The van der Waals surface area contributed by atoms with E-state index in [0.29, 0.717) is 12.1 Å². The first-order valence-corrected chi connectivity index (χ1v) is 6.69. The first-order valence-electron chi connectivity index (χ1n) is 6.69. The Morgan fingerprint density at radius 1 is 1.27 bits per heavy atom. The maximum absolute atomic E-state index is 3.55. The molecule has 0 saturated carbocycles. The highest BCUT2D eigenvalue weighted by molar-refractivity contribution is 4.85. The molecule has 1 N–H and O–H groups in total. The van der Waals surface area contributed by atoms with E-state index in [4.69, 9.17) is 0 Å². The summed E-state index contributed by atoms with van der Waals surface area (Å²) >= 11 is 0. The molecule has 3 unspecified atom stereocenters. The van der Waals surface area contributed by atoms with Crippen molar-refractivity contribution in [2.45, 2.75) is 71.5 Å². The van der Waals surface area contributed by atoms with Crippen LogP contribution in [-0.2, 0) is 0 Å². The molecule has 1 rings (SSSR count). The third kappa shape index (κ3) is 3.46. The van der Waals surface area contributed by atoms with Gasteiger partial charge in [-0.2, -0.15) is 0 Å². The quantitative estimate of drug-likeness (QED) is 0.753. The average molecular weight is 212 g/mol. The summed E-state index contributed by atoms with van der Waals surface area (Å²) in [5.41, 5.74) is 0. The lowest BCUT2D eigenvalue weighted by atomic mass is 9.96. The molecule has 1 heterocycles. The Kier molecular flexibility index (Phi) is 5.62. The van der Waals surface area contributed by atoms with Crippen LogP contribution in [0.5, 0.6) is 0 Å². The zero-order valence-electron chi connectivity index (χ0n) is 10.9. The maximum atomic E-state index is 3.55. The first kappa shape index (κ1) is 13.0. The number of likely N-dealkylation sites (tertiary alicyclic amines) is 1. The van der Waals surface area contributed by atoms with Gasteiger partial charge in [-0.05, 0) is 46.2 Å². The molecule has 90 valence electrons. The largest absolute Gasteiger partial charge is 0.313 e. The fraction of sp³-hybridized carbons (Fsp3) is 1.00. The van der Waals surface area contributed by atoms with Crippen LogP contribution in [0.15, 0.2) is 0 Å². The third-order valence-electron chi connectivity index (χ3n) is 3.92. The summed E-state index contributed by atoms with van der Waals surface area (Å²) in [6.07, 6.45) is 5.53. The molecule has 15 heavy (non-hydrogen) atoms. The van der Waals surface area contributed by atoms with Gasteiger partial charge in [-0.3, -0.25) is 4.90 Å². The van der Waals surface area contributed by atoms with E-state index in [1.807, 2.05) is 0 Å². The summed E-state index contributed by atoms with van der Waals surface area (Å²) < 4.78 is 0. The van der Waals surface area contributed by atoms with Crippen molar-refractivity contribution in [2.24, 2.45) is 0 Å². The van der Waals surface area contributed by atoms with Gasteiger partial charge in [-0.1, -0.05) is 20.3 Å². The van der Waals surface area contributed by atoms with Crippen LogP contribution in [0.3, 0.4) is 0 Å². The fourth-order valence-corrected chi connectivity index (χ4v) is 2.78. The number of hydrogen-bond donors (Lipinski definition) is 1. The van der Waals surface area contributed by atoms with Gasteiger partial charge in [0, 0.05) is 18.1 Å². The Morgan fingerprint density at radius 3 is 2.60 bits per heavy atom. The maximum Gasteiger partial charge on any atom is 0.0221 e. The van der Waals surface area contributed by atoms with E-state index in [1.165, 1.54) is 32.2 Å². The molecule has 0 bridgehead atoms. The van der Waals surface area contributed by atoms with E-state index in [1.54, 1.807) is 0 Å². The van der Waals surface area contributed by atoms with E-state index >= 15 is 0 Å². The number of nitrogens with one attached hydrogen (secondary N) is 1. The lowest BCUT2D eigenvalue weighted by Gasteiger charge is -2.42. The molecule has 0 aromatic heterocycles. The number of rotatable bonds is 5. The standard InChI is InChI=1S/C13H28N2/c1-5-13-9-7-8-10-15(13)12(4)11(3)14-6-2/h11-14H,5-10H2,1-4H3. The number of nitrogens with zero attached hydrogens (tertiary/aromatic N) is 1. The van der Waals surface area contributed by atoms with E-state index in [2.05, 4.69) is 37.9 Å². The van der Waals surface area contributed by atoms with E-state index in [-0.39, 0.29) is 0 Å². The summed E-state index contributed by atoms with van der Waals surface area (Å²) in [5, 5.41) is 3.55. The molecule has 0 aromatic rings. The second-order valence-electron chi connectivity index (χ2n) is 4.88. The molecule has 2 nitrogen and oxygen atoms in total. The molecule has 0 aromatic carbocycles. The highest BCUT2D eigenvalue weighted by Gasteiger charge is 2.27. The zero-order valence-corrected chi connectivity index (χ0v) is 10.9. The van der Waals surface area contributed by atoms with Gasteiger partial charge >= 0.3 is 0 Å². The van der Waals surface area contributed by atoms with Crippen molar-refractivity contribution >= 4 is 0 Å². The molecule has 0 amide bonds. The molecule has 0 radical (unpaired) electrons. The highest BCUT2D eigenvalue weighted by atomic mass is 15.2. The molecule has 1 aliphatic rings. The molecular formula is C13H28N2. The zero-order chi connectivity index (χ0) is 11.3. The minimum absolute atomic E-state index is 0.613. The van der Waals surface area contributed by atoms with Crippen molar-refractivity contribution < 1.29 is 0 Å². The minimum Gasteiger partial charge on any atom is -0.313 e. The van der Waals surface area contributed by atoms with Crippen LogP contribution < -0.4 is 5.32 Å². The summed E-state index contributed by atoms with van der Waals surface area (Å²) in [6.45, 7) is 11.6. The lowest BCUT2D eigenvalue weighted by molar-refractivity contribution is 0.0825. The van der Waals surface area contributed by atoms with Gasteiger partial charge in [-0.15, -0.1) is 0 Å². The predicted molar refractivity (Wildman–Crippen MR) is 67.2 cm³/mol. The summed E-state index contributed by atoms with van der Waals surface area (Å²) in [5.74, 6) is 0. The van der Waals surface area contributed by atoms with Gasteiger partial charge in [0.25, 0.3) is 0 Å². The van der Waals surface area contributed by atoms with Crippen molar-refractivity contribution in [1.82, 2.24) is 10.2 Å². The highest BCUT2D eigenvalue weighted by Crippen LogP contribution is 2.22. The normalized spacial score (nSPS) is 27.6. The van der Waals surface area contributed by atoms with Crippen LogP contribution in [0.2, 0.25) is 0 Å². The Labute approximate surface area is 95.4 Å². The van der Waals surface area contributed by atoms with Crippen LogP contribution in [0.1, 0.15) is 53.4 Å². The van der Waals surface area contributed by atoms with Crippen molar-refractivity contribution in [2.75, 3.05) is 13.1 Å². The summed E-state index contributed by atoms with van der Waals surface area (Å²) in [4.78, 5) is 2.72. The molecule has 0 aliphatic carbocycles. The van der Waals surface area contributed by atoms with Crippen molar-refractivity contribution in [3.8, 4) is 0 Å². The molecule has 1 aliphatic heterocycles. The number of hydrogen-bond acceptors (Lipinski definition) is 2. The predicted octanol–water partition coefficient (Wildman–Crippen LogP) is 2.64. The Hall–Kier alpha value is -0.0800. The van der Waals surface area contributed by atoms with Crippen molar-refractivity contribution in [3.63, 3.8) is 0 Å². The van der Waals surface area contributed by atoms with Crippen molar-refractivity contribution in [3.05, 3.63) is 0 Å². The average Bonchev–Trinajstić information content (AvgIpc) is 2.28. The van der Waals surface area contributed by atoms with Crippen LogP contribution in [0.4, 0.5) is 0 Å². The number of likely N-dealkylation sites (N-methyl/N-ethyl adjacent to an activating group) is 1. The molecule has 1 fully saturated rings. The SMILES string of the molecule is CCNC(C)C(C)N1CCCCC1CC. The smallest absolute Gasteiger partial charge is 0.0221 e. The summed E-state index contributed by atoms with van der Waals surface area (Å²) in [6, 6.07) is 2.12. The fourth-order valence-electron chi connectivity index (χ4n) is 2.78. The molecular weight excluding hydrogens is 184 g/mol. The number of piperidine rings is 1. The van der Waals surface area contributed by atoms with E-state index in [9.17, 15) is 0 Å². The van der Waals surface area contributed by atoms with Gasteiger partial charge in [0.15, 0.2) is 0 Å². The lowest BCUT2D eigenvalue weighted by Crippen LogP contribution is -2.52. The second-order valence-corrected chi connectivity index (χ2v) is 4.88. The van der Waals surface area contributed by atoms with Crippen LogP contribution in [-0.4, -0.2) is 36.1 Å². The van der Waals surface area contributed by atoms with Gasteiger partial charge in [-0.25, -0.2) is 0 Å². The molecule has 3 atom stereocenters. The van der Waals surface area contributed by atoms with E-state index in [0.717, 1.165) is 12.6 Å². The first-order chi connectivity index (χ1) is 7.20. The van der Waals surface area contributed by atoms with E-state index < -0.39 is 0 Å². The Bertz CT molecular complexity index is 170. The molecule has 1 saturated heterocycles. The Balaban J connectivity index is 2.50. The second kappa shape index (κ2) is 6.49. The molecule has 2 heteroatoms.